The minimum absolute atomic E-state index is 0. The van der Waals surface area contributed by atoms with Crippen molar-refractivity contribution < 1.29 is 18.8 Å². The third kappa shape index (κ3) is 4.95. The largest absolute Gasteiger partial charge is 0.609 e. The number of benzene rings is 1. The zero-order chi connectivity index (χ0) is 20.6. The molecule has 0 bridgehead atoms. The van der Waals surface area contributed by atoms with Gasteiger partial charge in [-0.2, -0.15) is 4.98 Å². The monoisotopic (exact) mass is 450 g/mol. The fourth-order valence-electron chi connectivity index (χ4n) is 3.94. The van der Waals surface area contributed by atoms with Gasteiger partial charge in [0.15, 0.2) is 12.0 Å². The smallest absolute Gasteiger partial charge is 0.322 e. The molecule has 1 aliphatic carbocycles. The Morgan fingerprint density at radius 1 is 1.23 bits per heavy atom. The number of nitrogens with one attached hydrogen (secondary N) is 1. The fraction of sp³-hybridized carbons (Fsp3) is 0.455. The molecule has 1 saturated heterocycles. The molecule has 3 aromatic rings. The second-order valence-electron chi connectivity index (χ2n) is 8.15. The Bertz CT molecular complexity index is 1000. The van der Waals surface area contributed by atoms with Crippen molar-refractivity contribution in [2.24, 2.45) is 5.41 Å². The molecule has 7 nitrogen and oxygen atoms in total. The second-order valence-corrected chi connectivity index (χ2v) is 9.51. The van der Waals surface area contributed by atoms with Crippen molar-refractivity contribution in [3.8, 4) is 5.75 Å². The number of nitrogens with zero attached hydrogens (tertiary/aromatic N) is 2. The predicted molar refractivity (Wildman–Crippen MR) is 118 cm³/mol. The van der Waals surface area contributed by atoms with Crippen LogP contribution in [0.5, 0.6) is 5.75 Å². The summed E-state index contributed by atoms with van der Waals surface area (Å²) >= 11 is -1.33. The van der Waals surface area contributed by atoms with Crippen LogP contribution in [-0.4, -0.2) is 75.2 Å². The Hall–Kier alpha value is -1.13. The molecular weight excluding hydrogens is 425 g/mol. The minimum Gasteiger partial charge on any atom is -0.609 e. The summed E-state index contributed by atoms with van der Waals surface area (Å²) in [5.41, 5.74) is 3.52. The molecule has 1 atom stereocenters. The van der Waals surface area contributed by atoms with Crippen molar-refractivity contribution in [1.82, 2.24) is 15.0 Å². The first-order valence-electron chi connectivity index (χ1n) is 10.3. The quantitative estimate of drug-likeness (QED) is 0.458. The number of H-pyrrole nitrogens is 1. The molecule has 2 aliphatic rings. The van der Waals surface area contributed by atoms with E-state index in [9.17, 15) is 4.55 Å². The average Bonchev–Trinajstić information content (AvgIpc) is 3.18. The van der Waals surface area contributed by atoms with Crippen LogP contribution in [0.3, 0.4) is 0 Å². The van der Waals surface area contributed by atoms with E-state index in [-0.39, 0.29) is 47.0 Å². The van der Waals surface area contributed by atoms with Crippen LogP contribution in [-0.2, 0) is 26.4 Å². The van der Waals surface area contributed by atoms with Crippen LogP contribution in [0.1, 0.15) is 30.5 Å². The van der Waals surface area contributed by atoms with Gasteiger partial charge in [-0.05, 0) is 38.0 Å². The van der Waals surface area contributed by atoms with Crippen LogP contribution in [0.25, 0.3) is 11.0 Å². The zero-order valence-electron chi connectivity index (χ0n) is 17.9. The van der Waals surface area contributed by atoms with Crippen LogP contribution in [0, 0.1) is 12.3 Å². The first-order valence-corrected chi connectivity index (χ1v) is 11.6. The molecule has 1 aromatic carbocycles. The summed E-state index contributed by atoms with van der Waals surface area (Å²) in [5, 5.41) is 0.456. The van der Waals surface area contributed by atoms with E-state index in [4.69, 9.17) is 14.2 Å². The molecule has 1 N–H and O–H groups in total. The minimum atomic E-state index is -1.33. The Morgan fingerprint density at radius 2 is 2.00 bits per heavy atom. The Morgan fingerprint density at radius 3 is 2.71 bits per heavy atom. The normalized spacial score (nSPS) is 19.0. The van der Waals surface area contributed by atoms with Crippen molar-refractivity contribution in [2.75, 3.05) is 19.8 Å². The van der Waals surface area contributed by atoms with Gasteiger partial charge in [0.1, 0.15) is 12.4 Å². The van der Waals surface area contributed by atoms with Gasteiger partial charge in [0, 0.05) is 57.9 Å². The Kier molecular flexibility index (Phi) is 7.27. The van der Waals surface area contributed by atoms with Crippen LogP contribution >= 0.6 is 0 Å². The van der Waals surface area contributed by atoms with Gasteiger partial charge >= 0.3 is 5.16 Å². The number of aromatic amines is 1. The number of para-hydroxylation sites is 2. The SMILES string of the molecule is Cc1c(OCC2OCC3(CCC3)CO2)ccnc1C[S+]([O-])c1nc2ccccc2[nH]1.[Na]. The van der Waals surface area contributed by atoms with E-state index in [1.54, 1.807) is 6.20 Å². The molecule has 1 spiro atoms. The predicted octanol–water partition coefficient (Wildman–Crippen LogP) is 3.12. The molecule has 1 aliphatic heterocycles. The van der Waals surface area contributed by atoms with E-state index in [1.807, 2.05) is 37.3 Å². The van der Waals surface area contributed by atoms with Gasteiger partial charge in [-0.15, -0.1) is 0 Å². The molecular formula is C22H25N3NaO4S. The van der Waals surface area contributed by atoms with E-state index in [1.165, 1.54) is 19.3 Å². The van der Waals surface area contributed by atoms with Crippen LogP contribution in [0.15, 0.2) is 41.7 Å². The van der Waals surface area contributed by atoms with Crippen molar-refractivity contribution >= 4 is 51.8 Å². The third-order valence-electron chi connectivity index (χ3n) is 6.05. The summed E-state index contributed by atoms with van der Waals surface area (Å²) in [6.45, 7) is 3.75. The van der Waals surface area contributed by atoms with Gasteiger partial charge in [0.2, 0.25) is 0 Å². The van der Waals surface area contributed by atoms with Crippen molar-refractivity contribution in [1.29, 1.82) is 0 Å². The second kappa shape index (κ2) is 9.79. The molecule has 2 fully saturated rings. The van der Waals surface area contributed by atoms with E-state index in [0.29, 0.717) is 17.5 Å². The maximum absolute atomic E-state index is 12.8. The van der Waals surface area contributed by atoms with Gasteiger partial charge in [-0.25, -0.2) is 0 Å². The van der Waals surface area contributed by atoms with Crippen LogP contribution in [0.4, 0.5) is 0 Å². The molecule has 9 heteroatoms. The van der Waals surface area contributed by atoms with Gasteiger partial charge in [0.05, 0.1) is 29.9 Å². The zero-order valence-corrected chi connectivity index (χ0v) is 20.7. The summed E-state index contributed by atoms with van der Waals surface area (Å²) in [7, 11) is 0. The third-order valence-corrected chi connectivity index (χ3v) is 7.21. The number of rotatable bonds is 6. The van der Waals surface area contributed by atoms with E-state index >= 15 is 0 Å². The number of fused-ring (bicyclic) bond motifs is 1. The molecule has 0 amide bonds. The first kappa shape index (κ1) is 23.0. The van der Waals surface area contributed by atoms with Crippen molar-refractivity contribution in [2.45, 2.75) is 43.4 Å². The van der Waals surface area contributed by atoms with Gasteiger partial charge in [0.25, 0.3) is 0 Å². The van der Waals surface area contributed by atoms with Crippen LogP contribution in [0.2, 0.25) is 0 Å². The number of hydrogen-bond acceptors (Lipinski definition) is 6. The van der Waals surface area contributed by atoms with Crippen molar-refractivity contribution in [3.05, 3.63) is 47.8 Å². The van der Waals surface area contributed by atoms with Crippen molar-refractivity contribution in [3.63, 3.8) is 0 Å². The number of hydrogen-bond donors (Lipinski definition) is 1. The average molecular weight is 451 g/mol. The molecule has 1 saturated carbocycles. The van der Waals surface area contributed by atoms with E-state index in [0.717, 1.165) is 35.5 Å². The summed E-state index contributed by atoms with van der Waals surface area (Å²) in [6.07, 6.45) is 4.98. The maximum Gasteiger partial charge on any atom is 0.322 e. The molecule has 3 heterocycles. The standard InChI is InChI=1S/C22H25N3O4S.Na/c1-15-18(12-30(26)21-24-16-5-2-3-6-17(16)25-21)23-10-7-19(15)27-11-20-28-13-22(14-29-20)8-4-9-22;/h2-3,5-7,10,20H,4,8-9,11-14H2,1H3,(H,24,25);. The number of aromatic nitrogens is 3. The van der Waals surface area contributed by atoms with E-state index < -0.39 is 11.2 Å². The summed E-state index contributed by atoms with van der Waals surface area (Å²) < 4.78 is 30.5. The van der Waals surface area contributed by atoms with Gasteiger partial charge in [-0.3, -0.25) is 9.97 Å². The number of imidazole rings is 1. The molecule has 1 radical (unpaired) electrons. The maximum atomic E-state index is 12.8. The van der Waals surface area contributed by atoms with Crippen LogP contribution < -0.4 is 4.74 Å². The summed E-state index contributed by atoms with van der Waals surface area (Å²) in [6, 6.07) is 9.47. The number of pyridine rings is 1. The summed E-state index contributed by atoms with van der Waals surface area (Å²) in [4.78, 5) is 12.0. The number of ether oxygens (including phenoxy) is 3. The van der Waals surface area contributed by atoms with E-state index in [2.05, 4.69) is 15.0 Å². The first-order chi connectivity index (χ1) is 14.6. The topological polar surface area (TPSA) is 92.3 Å². The van der Waals surface area contributed by atoms with Gasteiger partial charge < -0.3 is 18.8 Å². The molecule has 2 aromatic heterocycles. The molecule has 1 unspecified atom stereocenters. The Labute approximate surface area is 206 Å². The Balaban J connectivity index is 0.00000231. The molecule has 159 valence electrons. The fourth-order valence-corrected chi connectivity index (χ4v) is 5.04. The molecule has 5 rings (SSSR count). The molecule has 31 heavy (non-hydrogen) atoms. The van der Waals surface area contributed by atoms with Gasteiger partial charge in [-0.1, -0.05) is 18.6 Å². The summed E-state index contributed by atoms with van der Waals surface area (Å²) in [5.74, 6) is 0.972.